The molecule has 2 heterocycles. The predicted octanol–water partition coefficient (Wildman–Crippen LogP) is 1.01. The molecule has 2 aromatic rings. The summed E-state index contributed by atoms with van der Waals surface area (Å²) in [4.78, 5) is 11.9. The van der Waals surface area contributed by atoms with Crippen molar-refractivity contribution in [3.63, 3.8) is 0 Å². The highest BCUT2D eigenvalue weighted by atomic mass is 32.2. The smallest absolute Gasteiger partial charge is 0.267 e. The Morgan fingerprint density at radius 3 is 2.78 bits per heavy atom. The van der Waals surface area contributed by atoms with Crippen LogP contribution in [0.2, 0.25) is 0 Å². The number of anilines is 2. The van der Waals surface area contributed by atoms with E-state index in [2.05, 4.69) is 10.6 Å². The number of carbonyl (C=O) groups is 1. The zero-order chi connectivity index (χ0) is 16.6. The van der Waals surface area contributed by atoms with Gasteiger partial charge in [0.1, 0.15) is 10.6 Å². The fourth-order valence-electron chi connectivity index (χ4n) is 2.66. The van der Waals surface area contributed by atoms with E-state index in [4.69, 9.17) is 0 Å². The van der Waals surface area contributed by atoms with Crippen molar-refractivity contribution >= 4 is 27.3 Å². The van der Waals surface area contributed by atoms with Gasteiger partial charge in [-0.1, -0.05) is 12.1 Å². The minimum Gasteiger partial charge on any atom is -0.382 e. The number of rotatable bonds is 3. The van der Waals surface area contributed by atoms with E-state index in [-0.39, 0.29) is 10.8 Å². The molecule has 1 amide bonds. The van der Waals surface area contributed by atoms with Crippen LogP contribution in [0.1, 0.15) is 10.5 Å². The molecule has 23 heavy (non-hydrogen) atoms. The van der Waals surface area contributed by atoms with Crippen LogP contribution in [0.5, 0.6) is 0 Å². The standard InChI is InChI=1S/C15H18N4O3S/c1-16-15(20)14-9-11(10-18(14)2)23(21,22)19-8-7-17-12-5-3-4-6-13(12)19/h3-6,9-10,17H,7-8H2,1-2H3,(H,16,20). The monoisotopic (exact) mass is 334 g/mol. The maximum absolute atomic E-state index is 13.0. The van der Waals surface area contributed by atoms with Gasteiger partial charge in [-0.25, -0.2) is 8.42 Å². The fourth-order valence-corrected chi connectivity index (χ4v) is 4.22. The Morgan fingerprint density at radius 2 is 2.04 bits per heavy atom. The van der Waals surface area contributed by atoms with Crippen LogP contribution in [-0.4, -0.2) is 39.0 Å². The SMILES string of the molecule is CNC(=O)c1cc(S(=O)(=O)N2CCNc3ccccc32)cn1C. The third-order valence-corrected chi connectivity index (χ3v) is 5.61. The van der Waals surface area contributed by atoms with E-state index < -0.39 is 10.0 Å². The molecule has 0 saturated heterocycles. The number of nitrogens with one attached hydrogen (secondary N) is 2. The summed E-state index contributed by atoms with van der Waals surface area (Å²) in [6.45, 7) is 0.870. The topological polar surface area (TPSA) is 83.4 Å². The van der Waals surface area contributed by atoms with Gasteiger partial charge < -0.3 is 15.2 Å². The number of carbonyl (C=O) groups excluding carboxylic acids is 1. The first kappa shape index (κ1) is 15.4. The maximum Gasteiger partial charge on any atom is 0.267 e. The van der Waals surface area contributed by atoms with E-state index in [0.717, 1.165) is 5.69 Å². The van der Waals surface area contributed by atoms with Crippen molar-refractivity contribution in [3.05, 3.63) is 42.2 Å². The Labute approximate surface area is 135 Å². The summed E-state index contributed by atoms with van der Waals surface area (Å²) in [6.07, 6.45) is 1.46. The number of aromatic nitrogens is 1. The van der Waals surface area contributed by atoms with Gasteiger partial charge in [0.15, 0.2) is 0 Å². The number of amides is 1. The van der Waals surface area contributed by atoms with Gasteiger partial charge in [-0.05, 0) is 18.2 Å². The van der Waals surface area contributed by atoms with Crippen LogP contribution in [0.25, 0.3) is 0 Å². The van der Waals surface area contributed by atoms with Gasteiger partial charge in [-0.15, -0.1) is 0 Å². The van der Waals surface area contributed by atoms with E-state index in [9.17, 15) is 13.2 Å². The van der Waals surface area contributed by atoms with Crippen molar-refractivity contribution in [2.45, 2.75) is 4.90 Å². The number of fused-ring (bicyclic) bond motifs is 1. The first-order chi connectivity index (χ1) is 10.9. The molecule has 3 rings (SSSR count). The summed E-state index contributed by atoms with van der Waals surface area (Å²) in [5.41, 5.74) is 1.70. The van der Waals surface area contributed by atoms with E-state index in [1.54, 1.807) is 19.2 Å². The second-order valence-electron chi connectivity index (χ2n) is 5.27. The largest absolute Gasteiger partial charge is 0.382 e. The first-order valence-corrected chi connectivity index (χ1v) is 8.63. The number of benzene rings is 1. The molecule has 0 saturated carbocycles. The second-order valence-corrected chi connectivity index (χ2v) is 7.13. The Morgan fingerprint density at radius 1 is 1.30 bits per heavy atom. The molecule has 0 aliphatic carbocycles. The van der Waals surface area contributed by atoms with E-state index >= 15 is 0 Å². The molecule has 0 spiro atoms. The van der Waals surface area contributed by atoms with Gasteiger partial charge in [0.05, 0.1) is 17.9 Å². The second kappa shape index (κ2) is 5.62. The molecule has 1 aromatic heterocycles. The highest BCUT2D eigenvalue weighted by molar-refractivity contribution is 7.92. The maximum atomic E-state index is 13.0. The molecule has 2 N–H and O–H groups in total. The Bertz CT molecular complexity index is 857. The van der Waals surface area contributed by atoms with Crippen LogP contribution in [0.3, 0.4) is 0 Å². The molecular formula is C15H18N4O3S. The third-order valence-electron chi connectivity index (χ3n) is 3.83. The van der Waals surface area contributed by atoms with Crippen LogP contribution in [0, 0.1) is 0 Å². The molecule has 0 unspecified atom stereocenters. The van der Waals surface area contributed by atoms with Crippen LogP contribution in [-0.2, 0) is 17.1 Å². The number of aryl methyl sites for hydroxylation is 1. The van der Waals surface area contributed by atoms with Crippen LogP contribution in [0.15, 0.2) is 41.4 Å². The number of hydrogen-bond acceptors (Lipinski definition) is 4. The van der Waals surface area contributed by atoms with Gasteiger partial charge >= 0.3 is 0 Å². The molecular weight excluding hydrogens is 316 g/mol. The molecule has 7 nitrogen and oxygen atoms in total. The van der Waals surface area contributed by atoms with Crippen molar-refractivity contribution in [1.82, 2.24) is 9.88 Å². The minimum atomic E-state index is -3.73. The molecule has 0 bridgehead atoms. The predicted molar refractivity (Wildman–Crippen MR) is 88.3 cm³/mol. The Hall–Kier alpha value is -2.48. The molecule has 1 aliphatic rings. The summed E-state index contributed by atoms with van der Waals surface area (Å²) in [5.74, 6) is -0.324. The van der Waals surface area contributed by atoms with Crippen LogP contribution in [0.4, 0.5) is 11.4 Å². The van der Waals surface area contributed by atoms with E-state index in [1.165, 1.54) is 28.2 Å². The first-order valence-electron chi connectivity index (χ1n) is 7.19. The number of nitrogens with zero attached hydrogens (tertiary/aromatic N) is 2. The van der Waals surface area contributed by atoms with Gasteiger partial charge in [0.2, 0.25) is 0 Å². The molecule has 8 heteroatoms. The molecule has 0 fully saturated rings. The number of hydrogen-bond donors (Lipinski definition) is 2. The normalized spacial score (nSPS) is 14.1. The zero-order valence-corrected chi connectivity index (χ0v) is 13.7. The summed E-state index contributed by atoms with van der Waals surface area (Å²) >= 11 is 0. The lowest BCUT2D eigenvalue weighted by molar-refractivity contribution is 0.0955. The van der Waals surface area contributed by atoms with Gasteiger partial charge in [-0.3, -0.25) is 9.10 Å². The average Bonchev–Trinajstić information content (AvgIpc) is 2.96. The molecule has 1 aromatic carbocycles. The summed E-state index contributed by atoms with van der Waals surface area (Å²) in [6, 6.07) is 8.67. The molecule has 0 atom stereocenters. The van der Waals surface area contributed by atoms with Crippen molar-refractivity contribution in [3.8, 4) is 0 Å². The Balaban J connectivity index is 2.05. The highest BCUT2D eigenvalue weighted by Gasteiger charge is 2.30. The summed E-state index contributed by atoms with van der Waals surface area (Å²) in [7, 11) is -0.568. The van der Waals surface area contributed by atoms with Crippen LogP contribution >= 0.6 is 0 Å². The van der Waals surface area contributed by atoms with E-state index in [1.807, 2.05) is 12.1 Å². The molecule has 1 aliphatic heterocycles. The molecule has 122 valence electrons. The van der Waals surface area contributed by atoms with Crippen molar-refractivity contribution in [1.29, 1.82) is 0 Å². The quantitative estimate of drug-likeness (QED) is 0.877. The van der Waals surface area contributed by atoms with E-state index in [0.29, 0.717) is 24.5 Å². The Kier molecular flexibility index (Phi) is 3.77. The molecule has 0 radical (unpaired) electrons. The lowest BCUT2D eigenvalue weighted by Gasteiger charge is -2.30. The fraction of sp³-hybridized carbons (Fsp3) is 0.267. The van der Waals surface area contributed by atoms with Crippen molar-refractivity contribution < 1.29 is 13.2 Å². The zero-order valence-electron chi connectivity index (χ0n) is 12.9. The lowest BCUT2D eigenvalue weighted by atomic mass is 10.2. The van der Waals surface area contributed by atoms with Gasteiger partial charge in [0, 0.05) is 26.8 Å². The van der Waals surface area contributed by atoms with Crippen molar-refractivity contribution in [2.24, 2.45) is 7.05 Å². The number of para-hydroxylation sites is 2. The number of sulfonamides is 1. The summed E-state index contributed by atoms with van der Waals surface area (Å²) in [5, 5.41) is 5.69. The van der Waals surface area contributed by atoms with Crippen LogP contribution < -0.4 is 14.9 Å². The highest BCUT2D eigenvalue weighted by Crippen LogP contribution is 2.33. The van der Waals surface area contributed by atoms with Crippen molar-refractivity contribution in [2.75, 3.05) is 29.8 Å². The average molecular weight is 334 g/mol. The van der Waals surface area contributed by atoms with Gasteiger partial charge in [0.25, 0.3) is 15.9 Å². The van der Waals surface area contributed by atoms with Gasteiger partial charge in [-0.2, -0.15) is 0 Å². The minimum absolute atomic E-state index is 0.107. The third kappa shape index (κ3) is 2.55. The summed E-state index contributed by atoms with van der Waals surface area (Å²) < 4.78 is 28.8. The lowest BCUT2D eigenvalue weighted by Crippen LogP contribution is -2.38.